The topological polar surface area (TPSA) is 531 Å². The Balaban J connectivity index is 0.698. The van der Waals surface area contributed by atoms with Gasteiger partial charge in [-0.1, -0.05) is 60.1 Å². The van der Waals surface area contributed by atoms with E-state index < -0.39 is 257 Å². The van der Waals surface area contributed by atoms with Gasteiger partial charge in [-0.25, -0.2) is 0 Å². The Labute approximate surface area is 602 Å². The van der Waals surface area contributed by atoms with Gasteiger partial charge in [-0.05, 0) is 123 Å². The summed E-state index contributed by atoms with van der Waals surface area (Å²) < 4.78 is 83.2. The summed E-state index contributed by atoms with van der Waals surface area (Å²) in [5.74, 6) is -0.715. The molecule has 12 rings (SSSR count). The molecule has 0 radical (unpaired) electrons. The minimum absolute atomic E-state index is 0.0908. The van der Waals surface area contributed by atoms with E-state index >= 15 is 4.79 Å². The molecule has 0 bridgehead atoms. The van der Waals surface area contributed by atoms with Crippen LogP contribution < -0.4 is 0 Å². The van der Waals surface area contributed by atoms with Gasteiger partial charge in [0.15, 0.2) is 37.7 Å². The number of carbonyl (C=O) groups is 1. The molecule has 7 aliphatic heterocycles. The second-order valence-corrected chi connectivity index (χ2v) is 33.8. The second kappa shape index (κ2) is 30.8. The normalized spacial score (nSPS) is 54.7. The molecule has 0 amide bonds. The Kier molecular flexibility index (Phi) is 24.1. The van der Waals surface area contributed by atoms with E-state index in [9.17, 15) is 97.0 Å². The van der Waals surface area contributed by atoms with Crippen LogP contribution in [0.3, 0.4) is 0 Å². The molecule has 34 nitrogen and oxygen atoms in total. The van der Waals surface area contributed by atoms with Gasteiger partial charge < -0.3 is 163 Å². The highest BCUT2D eigenvalue weighted by molar-refractivity contribution is 5.79. The lowest BCUT2D eigenvalue weighted by Crippen LogP contribution is -2.66. The van der Waals surface area contributed by atoms with E-state index in [0.29, 0.717) is 44.9 Å². The number of esters is 1. The summed E-state index contributed by atoms with van der Waals surface area (Å²) in [7, 11) is 0. The highest BCUT2D eigenvalue weighted by atomic mass is 16.8. The number of carbonyl (C=O) groups excluding carboxylic acids is 1. The fourth-order valence-corrected chi connectivity index (χ4v) is 20.2. The molecule has 0 aromatic rings. The minimum Gasteiger partial charge on any atom is -0.432 e. The summed E-state index contributed by atoms with van der Waals surface area (Å²) >= 11 is 0. The van der Waals surface area contributed by atoms with E-state index in [1.807, 2.05) is 0 Å². The Morgan fingerprint density at radius 3 is 1.59 bits per heavy atom. The third-order valence-electron chi connectivity index (χ3n) is 26.9. The largest absolute Gasteiger partial charge is 0.432 e. The van der Waals surface area contributed by atoms with E-state index in [1.54, 1.807) is 0 Å². The van der Waals surface area contributed by atoms with Crippen LogP contribution in [0.15, 0.2) is 11.6 Å². The molecule has 598 valence electrons. The average molecular weight is 1500 g/mol. The summed E-state index contributed by atoms with van der Waals surface area (Å²) in [5.41, 5.74) is -1.61. The molecule has 7 saturated heterocycles. The van der Waals surface area contributed by atoms with Gasteiger partial charge in [-0.2, -0.15) is 0 Å². The fourth-order valence-electron chi connectivity index (χ4n) is 20.2. The summed E-state index contributed by atoms with van der Waals surface area (Å²) in [6.07, 6.45) is -46.5. The molecule has 5 aliphatic carbocycles. The van der Waals surface area contributed by atoms with Crippen molar-refractivity contribution in [1.29, 1.82) is 0 Å². The number of aliphatic hydroxyl groups is 19. The predicted molar refractivity (Wildman–Crippen MR) is 346 cm³/mol. The lowest BCUT2D eigenvalue weighted by atomic mass is 9.33. The van der Waals surface area contributed by atoms with Crippen LogP contribution in [-0.4, -0.2) is 345 Å². The average Bonchev–Trinajstić information content (AvgIpc) is 0.674. The molecule has 41 atom stereocenters. The molecule has 0 aromatic heterocycles. The van der Waals surface area contributed by atoms with E-state index in [4.69, 9.17) is 66.3 Å². The van der Waals surface area contributed by atoms with Crippen LogP contribution in [0.4, 0.5) is 0 Å². The van der Waals surface area contributed by atoms with Crippen molar-refractivity contribution in [3.05, 3.63) is 11.6 Å². The van der Waals surface area contributed by atoms with E-state index in [2.05, 4.69) is 54.5 Å². The third-order valence-corrected chi connectivity index (χ3v) is 26.9. The molecule has 0 aromatic carbocycles. The molecule has 104 heavy (non-hydrogen) atoms. The quantitative estimate of drug-likeness (QED) is 0.0368. The van der Waals surface area contributed by atoms with Gasteiger partial charge in [-0.15, -0.1) is 0 Å². The van der Waals surface area contributed by atoms with E-state index in [-0.39, 0.29) is 40.6 Å². The Morgan fingerprint density at radius 2 is 0.962 bits per heavy atom. The number of fused-ring (bicyclic) bond motifs is 7. The van der Waals surface area contributed by atoms with Crippen LogP contribution >= 0.6 is 0 Å². The first-order chi connectivity index (χ1) is 48.8. The first-order valence-corrected chi connectivity index (χ1v) is 36.9. The number of aliphatic hydroxyl groups excluding tert-OH is 19. The van der Waals surface area contributed by atoms with Crippen molar-refractivity contribution in [2.24, 2.45) is 50.2 Å². The molecule has 4 saturated carbocycles. The Bertz CT molecular complexity index is 2950. The number of rotatable bonds is 17. The van der Waals surface area contributed by atoms with E-state index in [0.717, 1.165) is 19.3 Å². The van der Waals surface area contributed by atoms with Gasteiger partial charge in [-0.3, -0.25) is 4.79 Å². The van der Waals surface area contributed by atoms with Gasteiger partial charge >= 0.3 is 5.97 Å². The SMILES string of the molecule is C[C@@H]1O[C@@H](O[C@H]2[C@H](O)[C@@H](O)[C@H](OC[C@H]3O[C@@H](OC(=O)[C@]45CCC(C)(C)C[C@H]4C4=CC[C@@H]6[C@@]7(C)CC[C@H](O[C@@H]8OC[C@H](O)[C@H](O)[C@H]8O[C@@H]8O[C@@H](C)[C@H](O)[C@@H](O[C@@H]9OC[C@@H](O)[C@@H](O)[C@H]9O)[C@H]8O)C(C)(C)[C@@H]7CC[C@@]6(C)[C@]4(C)CC5)[C@H](O)[C@@H](O)[C@@H]3O)O[C@@H]2CO)[C@H](O)[C@H](O[C@@H]2O[C@H](CO)[C@@H](O)[C@H](O)[C@H]2O)[C@H]1O. The lowest BCUT2D eigenvalue weighted by Gasteiger charge is -2.71. The molecule has 19 N–H and O–H groups in total. The molecular weight excluding hydrogens is 1380 g/mol. The zero-order valence-corrected chi connectivity index (χ0v) is 60.2. The highest BCUT2D eigenvalue weighted by Crippen LogP contribution is 2.76. The van der Waals surface area contributed by atoms with Crippen LogP contribution in [-0.2, 0) is 71.1 Å². The van der Waals surface area contributed by atoms with Crippen molar-refractivity contribution in [3.63, 3.8) is 0 Å². The van der Waals surface area contributed by atoms with Gasteiger partial charge in [0, 0.05) is 0 Å². The molecule has 34 heteroatoms. The Hall–Kier alpha value is -2.07. The third kappa shape index (κ3) is 14.3. The second-order valence-electron chi connectivity index (χ2n) is 33.8. The van der Waals surface area contributed by atoms with Crippen molar-refractivity contribution >= 4 is 5.97 Å². The maximum atomic E-state index is 15.4. The van der Waals surface area contributed by atoms with Gasteiger partial charge in [0.25, 0.3) is 0 Å². The predicted octanol–water partition coefficient (Wildman–Crippen LogP) is -5.23. The van der Waals surface area contributed by atoms with Crippen molar-refractivity contribution in [1.82, 2.24) is 0 Å². The minimum atomic E-state index is -2.00. The smallest absolute Gasteiger partial charge is 0.315 e. The molecule has 12 aliphatic rings. The van der Waals surface area contributed by atoms with Crippen LogP contribution in [0.5, 0.6) is 0 Å². The van der Waals surface area contributed by atoms with Crippen LogP contribution in [0.25, 0.3) is 0 Å². The Morgan fingerprint density at radius 1 is 0.452 bits per heavy atom. The van der Waals surface area contributed by atoms with Gasteiger partial charge in [0.05, 0.1) is 56.8 Å². The van der Waals surface area contributed by atoms with Gasteiger partial charge in [0.1, 0.15) is 146 Å². The molecule has 7 heterocycles. The van der Waals surface area contributed by atoms with Gasteiger partial charge in [0.2, 0.25) is 6.29 Å². The summed E-state index contributed by atoms with van der Waals surface area (Å²) in [6.45, 7) is 15.6. The van der Waals surface area contributed by atoms with Crippen LogP contribution in [0.1, 0.15) is 127 Å². The monoisotopic (exact) mass is 1500 g/mol. The molecular formula is C70H114O34. The summed E-state index contributed by atoms with van der Waals surface area (Å²) in [6, 6.07) is 0. The number of hydrogen-bond acceptors (Lipinski definition) is 34. The fraction of sp³-hybridized carbons (Fsp3) is 0.957. The van der Waals surface area contributed by atoms with Crippen molar-refractivity contribution < 1.29 is 168 Å². The lowest BCUT2D eigenvalue weighted by molar-refractivity contribution is -0.379. The van der Waals surface area contributed by atoms with Crippen molar-refractivity contribution in [3.8, 4) is 0 Å². The summed E-state index contributed by atoms with van der Waals surface area (Å²) in [5, 5.41) is 207. The molecule has 0 spiro atoms. The molecule has 11 fully saturated rings. The van der Waals surface area contributed by atoms with E-state index in [1.165, 1.54) is 19.4 Å². The first-order valence-electron chi connectivity index (χ1n) is 36.9. The van der Waals surface area contributed by atoms with Crippen LogP contribution in [0.2, 0.25) is 0 Å². The zero-order chi connectivity index (χ0) is 75.7. The number of allylic oxidation sites excluding steroid dienone is 2. The van der Waals surface area contributed by atoms with Crippen LogP contribution in [0, 0.1) is 50.2 Å². The first kappa shape index (κ1) is 81.4. The number of ether oxygens (including phenoxy) is 14. The van der Waals surface area contributed by atoms with Crippen molar-refractivity contribution in [2.45, 2.75) is 335 Å². The zero-order valence-electron chi connectivity index (χ0n) is 60.2. The number of hydrogen-bond donors (Lipinski definition) is 19. The maximum Gasteiger partial charge on any atom is 0.315 e. The molecule has 0 unspecified atom stereocenters. The standard InChI is InChI=1S/C70H114O34/c1-26-38(75)54(101-58-47(84)40(77)30(73)23-91-58)51(88)62(95-26)103-56-41(78)31(74)24-92-63(56)99-37-13-14-67(7)35(66(37,5)6)12-15-69(9)36(67)11-10-28-29-20-65(3,4)16-18-70(29,19-17-68(28,69)8)64(90)104-60-49(86)45(82)43(80)34(98-60)25-93-57-50(87)46(83)53(33(22-72)97-57)100-61-52(89)55(39(76)27(2)94-61)102-59-48(85)44(81)42(79)32(21-71)96-59/h10,26-27,29-63,71-89H,11-25H2,1-9H3/t26-,27-,29-,30+,31-,32+,33+,34+,35-,36+,37-,38-,39-,40+,41-,42+,43+,44-,45-,46+,47+,48+,49+,50+,51+,52+,53+,54+,55+,56+,57+,58-,59-,60-,61-,62-,63-,67-,68+,69+,70-/m0/s1. The highest BCUT2D eigenvalue weighted by Gasteiger charge is 2.71. The summed E-state index contributed by atoms with van der Waals surface area (Å²) in [4.78, 5) is 15.4. The van der Waals surface area contributed by atoms with Crippen molar-refractivity contribution in [2.75, 3.05) is 33.0 Å². The maximum absolute atomic E-state index is 15.4.